The molecular weight excluding hydrogens is 428 g/mol. The summed E-state index contributed by atoms with van der Waals surface area (Å²) in [5.74, 6) is 1.35. The summed E-state index contributed by atoms with van der Waals surface area (Å²) in [5, 5.41) is 8.68. The van der Waals surface area contributed by atoms with Crippen LogP contribution in [0.3, 0.4) is 0 Å². The van der Waals surface area contributed by atoms with E-state index in [2.05, 4.69) is 36.8 Å². The minimum absolute atomic E-state index is 0.0486. The van der Waals surface area contributed by atoms with E-state index in [1.165, 1.54) is 0 Å². The molecule has 4 nitrogen and oxygen atoms in total. The zero-order valence-corrected chi connectivity index (χ0v) is 20.4. The normalized spacial score (nSPS) is 26.0. The molecule has 0 aromatic heterocycles. The Kier molecular flexibility index (Phi) is 7.07. The summed E-state index contributed by atoms with van der Waals surface area (Å²) in [7, 11) is -3.60. The topological polar surface area (TPSA) is 70.0 Å². The van der Waals surface area contributed by atoms with Crippen LogP contribution in [0.4, 0.5) is 0 Å². The van der Waals surface area contributed by atoms with Crippen molar-refractivity contribution >= 4 is 10.0 Å². The molecule has 0 amide bonds. The van der Waals surface area contributed by atoms with Crippen LogP contribution in [0.15, 0.2) is 71.6 Å². The van der Waals surface area contributed by atoms with Crippen LogP contribution >= 0.6 is 0 Å². The van der Waals surface area contributed by atoms with Crippen LogP contribution in [-0.2, 0) is 10.0 Å². The number of hydrogen-bond donors (Lipinski definition) is 1. The number of unbranched alkanes of at least 4 members (excludes halogenated alkanes) is 2. The van der Waals surface area contributed by atoms with Gasteiger partial charge in [-0.2, -0.15) is 5.26 Å². The van der Waals surface area contributed by atoms with E-state index >= 15 is 0 Å². The van der Waals surface area contributed by atoms with Crippen LogP contribution in [0.1, 0.15) is 52.4 Å². The highest BCUT2D eigenvalue weighted by Crippen LogP contribution is 2.61. The number of nitriles is 1. The van der Waals surface area contributed by atoms with Gasteiger partial charge in [0.2, 0.25) is 10.0 Å². The van der Waals surface area contributed by atoms with E-state index in [-0.39, 0.29) is 11.5 Å². The summed E-state index contributed by atoms with van der Waals surface area (Å²) in [6.45, 7) is 4.57. The summed E-state index contributed by atoms with van der Waals surface area (Å²) in [6.07, 6.45) is 9.76. The van der Waals surface area contributed by atoms with Crippen molar-refractivity contribution < 1.29 is 8.42 Å². The van der Waals surface area contributed by atoms with E-state index < -0.39 is 10.0 Å². The molecule has 4 atom stereocenters. The number of benzene rings is 2. The molecule has 5 heteroatoms. The summed E-state index contributed by atoms with van der Waals surface area (Å²) < 4.78 is 29.8. The molecule has 174 valence electrons. The van der Waals surface area contributed by atoms with Crippen molar-refractivity contribution in [2.24, 2.45) is 23.2 Å². The zero-order chi connectivity index (χ0) is 23.5. The Morgan fingerprint density at radius 1 is 1.03 bits per heavy atom. The number of sulfonamides is 1. The van der Waals surface area contributed by atoms with Crippen molar-refractivity contribution in [3.05, 3.63) is 66.7 Å². The molecule has 2 aromatic carbocycles. The first-order chi connectivity index (χ1) is 15.8. The predicted octanol–water partition coefficient (Wildman–Crippen LogP) is 6.32. The molecule has 0 heterocycles. The fraction of sp³-hybridized carbons (Fsp3) is 0.464. The summed E-state index contributed by atoms with van der Waals surface area (Å²) in [4.78, 5) is 0.326. The fourth-order valence-corrected chi connectivity index (χ4v) is 7.07. The zero-order valence-electron chi connectivity index (χ0n) is 19.6. The lowest BCUT2D eigenvalue weighted by molar-refractivity contribution is -0.108. The van der Waals surface area contributed by atoms with Crippen molar-refractivity contribution in [2.75, 3.05) is 0 Å². The Labute approximate surface area is 198 Å². The Morgan fingerprint density at radius 3 is 2.39 bits per heavy atom. The van der Waals surface area contributed by atoms with Gasteiger partial charge in [-0.3, -0.25) is 0 Å². The number of nitrogens with zero attached hydrogens (tertiary/aromatic N) is 1. The van der Waals surface area contributed by atoms with Gasteiger partial charge in [-0.15, -0.1) is 0 Å². The lowest BCUT2D eigenvalue weighted by Gasteiger charge is -2.62. The quantitative estimate of drug-likeness (QED) is 0.350. The SMILES string of the molecule is CC1(C)[C@H]2C[C@H](CC=CCCCC#N)[C@@H](NS(=O)(=O)c3ccc(-c4ccccc4)cc3)[C@@H]1C2. The number of hydrogen-bond acceptors (Lipinski definition) is 3. The Balaban J connectivity index is 1.48. The highest BCUT2D eigenvalue weighted by atomic mass is 32.2. The van der Waals surface area contributed by atoms with Gasteiger partial charge in [0.15, 0.2) is 0 Å². The molecule has 3 fully saturated rings. The van der Waals surface area contributed by atoms with Crippen molar-refractivity contribution in [3.8, 4) is 17.2 Å². The number of allylic oxidation sites excluding steroid dienone is 2. The monoisotopic (exact) mass is 462 g/mol. The van der Waals surface area contributed by atoms with Gasteiger partial charge in [0.05, 0.1) is 11.0 Å². The first-order valence-corrected chi connectivity index (χ1v) is 13.5. The third-order valence-corrected chi connectivity index (χ3v) is 9.38. The average Bonchev–Trinajstić information content (AvgIpc) is 2.82. The standard InChI is InChI=1S/C28H34N2O2S/c1-28(2)24-19-23(13-7-4-3-5-10-18-29)27(26(28)20-24)30-33(31,32)25-16-14-22(15-17-25)21-11-8-6-9-12-21/h4,6-9,11-12,14-17,23-24,26-27,30H,3,5,10,13,19-20H2,1-2H3/t23-,24-,26-,27+/m0/s1. The summed E-state index contributed by atoms with van der Waals surface area (Å²) >= 11 is 0. The van der Waals surface area contributed by atoms with Crippen LogP contribution in [0, 0.1) is 34.5 Å². The van der Waals surface area contributed by atoms with Gasteiger partial charge >= 0.3 is 0 Å². The highest BCUT2D eigenvalue weighted by molar-refractivity contribution is 7.89. The second kappa shape index (κ2) is 9.83. The van der Waals surface area contributed by atoms with Crippen molar-refractivity contribution in [1.82, 2.24) is 4.72 Å². The van der Waals surface area contributed by atoms with E-state index in [1.807, 2.05) is 42.5 Å². The maximum atomic E-state index is 13.4. The van der Waals surface area contributed by atoms with Crippen molar-refractivity contribution in [3.63, 3.8) is 0 Å². The van der Waals surface area contributed by atoms with E-state index in [4.69, 9.17) is 5.26 Å². The molecule has 2 bridgehead atoms. The molecular formula is C28H34N2O2S. The van der Waals surface area contributed by atoms with E-state index in [1.54, 1.807) is 12.1 Å². The molecule has 0 saturated heterocycles. The summed E-state index contributed by atoms with van der Waals surface area (Å²) in [6, 6.07) is 19.3. The van der Waals surface area contributed by atoms with Crippen LogP contribution < -0.4 is 4.72 Å². The highest BCUT2D eigenvalue weighted by Gasteiger charge is 2.58. The first-order valence-electron chi connectivity index (χ1n) is 12.0. The molecule has 1 N–H and O–H groups in total. The number of fused-ring (bicyclic) bond motifs is 2. The Morgan fingerprint density at radius 2 is 1.73 bits per heavy atom. The maximum absolute atomic E-state index is 13.4. The minimum Gasteiger partial charge on any atom is -0.207 e. The van der Waals surface area contributed by atoms with Crippen LogP contribution in [0.2, 0.25) is 0 Å². The third-order valence-electron chi connectivity index (χ3n) is 7.90. The molecule has 0 aliphatic heterocycles. The van der Waals surface area contributed by atoms with Crippen molar-refractivity contribution in [1.29, 1.82) is 5.26 Å². The molecule has 33 heavy (non-hydrogen) atoms. The minimum atomic E-state index is -3.60. The molecule has 3 aliphatic rings. The number of nitrogens with one attached hydrogen (secondary N) is 1. The molecule has 0 unspecified atom stereocenters. The summed E-state index contributed by atoms with van der Waals surface area (Å²) in [5.41, 5.74) is 2.26. The average molecular weight is 463 g/mol. The molecule has 3 saturated carbocycles. The van der Waals surface area contributed by atoms with Gasteiger partial charge in [0, 0.05) is 12.5 Å². The van der Waals surface area contributed by atoms with Gasteiger partial charge < -0.3 is 0 Å². The van der Waals surface area contributed by atoms with E-state index in [0.29, 0.717) is 29.1 Å². The van der Waals surface area contributed by atoms with E-state index in [9.17, 15) is 8.42 Å². The van der Waals surface area contributed by atoms with Gasteiger partial charge in [-0.25, -0.2) is 13.1 Å². The first kappa shape index (κ1) is 23.7. The smallest absolute Gasteiger partial charge is 0.207 e. The van der Waals surface area contributed by atoms with Gasteiger partial charge in [0.1, 0.15) is 0 Å². The second-order valence-electron chi connectivity index (χ2n) is 10.2. The molecule has 3 aliphatic carbocycles. The predicted molar refractivity (Wildman–Crippen MR) is 133 cm³/mol. The lowest BCUT2D eigenvalue weighted by atomic mass is 9.45. The maximum Gasteiger partial charge on any atom is 0.240 e. The molecule has 0 spiro atoms. The largest absolute Gasteiger partial charge is 0.240 e. The van der Waals surface area contributed by atoms with Crippen molar-refractivity contribution in [2.45, 2.75) is 63.3 Å². The Hall–Kier alpha value is -2.42. The van der Waals surface area contributed by atoms with Crippen LogP contribution in [-0.4, -0.2) is 14.5 Å². The third kappa shape index (κ3) is 5.08. The molecule has 0 radical (unpaired) electrons. The molecule has 5 rings (SSSR count). The molecule has 2 aromatic rings. The number of rotatable bonds is 9. The van der Waals surface area contributed by atoms with E-state index in [0.717, 1.165) is 43.2 Å². The van der Waals surface area contributed by atoms with Gasteiger partial charge in [-0.05, 0) is 78.5 Å². The fourth-order valence-electron chi connectivity index (χ4n) is 5.72. The van der Waals surface area contributed by atoms with Gasteiger partial charge in [0.25, 0.3) is 0 Å². The van der Waals surface area contributed by atoms with Crippen LogP contribution in [0.5, 0.6) is 0 Å². The Bertz CT molecular complexity index is 1110. The van der Waals surface area contributed by atoms with Gasteiger partial charge in [-0.1, -0.05) is 68.5 Å². The lowest BCUT2D eigenvalue weighted by Crippen LogP contribution is -2.63. The van der Waals surface area contributed by atoms with Crippen LogP contribution in [0.25, 0.3) is 11.1 Å². The second-order valence-corrected chi connectivity index (χ2v) is 11.9.